The molecule has 1 aliphatic rings. The van der Waals surface area contributed by atoms with Gasteiger partial charge in [-0.25, -0.2) is 0 Å². The van der Waals surface area contributed by atoms with Gasteiger partial charge in [0.1, 0.15) is 0 Å². The van der Waals surface area contributed by atoms with Crippen molar-refractivity contribution in [2.75, 3.05) is 24.5 Å². The number of piperidine rings is 1. The van der Waals surface area contributed by atoms with Gasteiger partial charge in [0.25, 0.3) is 0 Å². The maximum absolute atomic E-state index is 12.6. The van der Waals surface area contributed by atoms with E-state index in [4.69, 9.17) is 0 Å². The molecule has 0 saturated carbocycles. The van der Waals surface area contributed by atoms with Crippen molar-refractivity contribution in [1.29, 1.82) is 0 Å². The number of carbonyl (C=O) groups is 1. The topological polar surface area (TPSA) is 32.3 Å². The number of hydrogen-bond acceptors (Lipinski definition) is 2. The Morgan fingerprint density at radius 3 is 2.83 bits per heavy atom. The first-order valence-electron chi connectivity index (χ1n) is 6.81. The SMILES string of the molecule is CCN(C(=O)C1CCCNC1)c1ccccc1C. The standard InChI is InChI=1S/C15H22N2O/c1-3-17(14-9-5-4-7-12(14)2)15(18)13-8-6-10-16-11-13/h4-5,7,9,13,16H,3,6,8,10-11H2,1-2H3. The van der Waals surface area contributed by atoms with Crippen LogP contribution in [0, 0.1) is 12.8 Å². The van der Waals surface area contributed by atoms with Crippen molar-refractivity contribution in [2.24, 2.45) is 5.92 Å². The lowest BCUT2D eigenvalue weighted by Gasteiger charge is -2.29. The zero-order valence-corrected chi connectivity index (χ0v) is 11.3. The van der Waals surface area contributed by atoms with Gasteiger partial charge in [0.15, 0.2) is 0 Å². The second-order valence-electron chi connectivity index (χ2n) is 4.91. The molecule has 0 aliphatic carbocycles. The molecule has 98 valence electrons. The van der Waals surface area contributed by atoms with Crippen molar-refractivity contribution >= 4 is 11.6 Å². The minimum Gasteiger partial charge on any atom is -0.316 e. The van der Waals surface area contributed by atoms with E-state index in [1.165, 1.54) is 0 Å². The van der Waals surface area contributed by atoms with E-state index in [9.17, 15) is 4.79 Å². The fraction of sp³-hybridized carbons (Fsp3) is 0.533. The lowest BCUT2D eigenvalue weighted by atomic mass is 9.97. The number of hydrogen-bond donors (Lipinski definition) is 1. The van der Waals surface area contributed by atoms with Crippen molar-refractivity contribution < 1.29 is 4.79 Å². The summed E-state index contributed by atoms with van der Waals surface area (Å²) in [6, 6.07) is 8.11. The molecule has 0 aromatic heterocycles. The van der Waals surface area contributed by atoms with Gasteiger partial charge in [-0.05, 0) is 44.9 Å². The Morgan fingerprint density at radius 2 is 2.22 bits per heavy atom. The van der Waals surface area contributed by atoms with Gasteiger partial charge in [-0.2, -0.15) is 0 Å². The maximum Gasteiger partial charge on any atom is 0.231 e. The van der Waals surface area contributed by atoms with Crippen molar-refractivity contribution in [1.82, 2.24) is 5.32 Å². The van der Waals surface area contributed by atoms with E-state index >= 15 is 0 Å². The summed E-state index contributed by atoms with van der Waals surface area (Å²) in [4.78, 5) is 14.5. The molecule has 1 aromatic carbocycles. The molecule has 1 unspecified atom stereocenters. The van der Waals surface area contributed by atoms with Crippen LogP contribution in [0.25, 0.3) is 0 Å². The Kier molecular flexibility index (Phi) is 4.37. The highest BCUT2D eigenvalue weighted by Gasteiger charge is 2.26. The number of para-hydroxylation sites is 1. The first-order valence-corrected chi connectivity index (χ1v) is 6.81. The molecule has 1 fully saturated rings. The highest BCUT2D eigenvalue weighted by molar-refractivity contribution is 5.95. The second kappa shape index (κ2) is 6.01. The Bertz CT molecular complexity index is 411. The second-order valence-corrected chi connectivity index (χ2v) is 4.91. The summed E-state index contributed by atoms with van der Waals surface area (Å²) in [6.45, 7) is 6.70. The van der Waals surface area contributed by atoms with Gasteiger partial charge in [0, 0.05) is 18.8 Å². The molecular formula is C15H22N2O. The first-order chi connectivity index (χ1) is 8.74. The normalized spacial score (nSPS) is 19.6. The number of nitrogens with zero attached hydrogens (tertiary/aromatic N) is 1. The Labute approximate surface area is 109 Å². The van der Waals surface area contributed by atoms with Crippen molar-refractivity contribution in [2.45, 2.75) is 26.7 Å². The van der Waals surface area contributed by atoms with E-state index in [2.05, 4.69) is 18.3 Å². The summed E-state index contributed by atoms with van der Waals surface area (Å²) in [5, 5.41) is 3.31. The summed E-state index contributed by atoms with van der Waals surface area (Å²) in [5.41, 5.74) is 2.21. The average molecular weight is 246 g/mol. The van der Waals surface area contributed by atoms with E-state index < -0.39 is 0 Å². The molecule has 1 heterocycles. The van der Waals surface area contributed by atoms with Gasteiger partial charge in [-0.1, -0.05) is 18.2 Å². The van der Waals surface area contributed by atoms with Crippen LogP contribution in [0.2, 0.25) is 0 Å². The van der Waals surface area contributed by atoms with Gasteiger partial charge < -0.3 is 10.2 Å². The molecular weight excluding hydrogens is 224 g/mol. The molecule has 0 radical (unpaired) electrons. The van der Waals surface area contributed by atoms with Gasteiger partial charge >= 0.3 is 0 Å². The molecule has 1 atom stereocenters. The fourth-order valence-corrected chi connectivity index (χ4v) is 2.59. The summed E-state index contributed by atoms with van der Waals surface area (Å²) in [6.07, 6.45) is 2.11. The van der Waals surface area contributed by atoms with Crippen LogP contribution >= 0.6 is 0 Å². The summed E-state index contributed by atoms with van der Waals surface area (Å²) >= 11 is 0. The minimum absolute atomic E-state index is 0.137. The van der Waals surface area contributed by atoms with Gasteiger partial charge in [0.05, 0.1) is 5.92 Å². The third-order valence-corrected chi connectivity index (χ3v) is 3.63. The zero-order valence-electron chi connectivity index (χ0n) is 11.3. The van der Waals surface area contributed by atoms with Gasteiger partial charge in [0.2, 0.25) is 5.91 Å². The van der Waals surface area contributed by atoms with Crippen LogP contribution in [-0.4, -0.2) is 25.5 Å². The molecule has 1 aliphatic heterocycles. The zero-order chi connectivity index (χ0) is 13.0. The van der Waals surface area contributed by atoms with Crippen molar-refractivity contribution in [3.63, 3.8) is 0 Å². The molecule has 0 spiro atoms. The number of aryl methyl sites for hydroxylation is 1. The Morgan fingerprint density at radius 1 is 1.44 bits per heavy atom. The molecule has 3 nitrogen and oxygen atoms in total. The summed E-state index contributed by atoms with van der Waals surface area (Å²) < 4.78 is 0. The first kappa shape index (κ1) is 13.1. The highest BCUT2D eigenvalue weighted by Crippen LogP contribution is 2.23. The largest absolute Gasteiger partial charge is 0.316 e. The third-order valence-electron chi connectivity index (χ3n) is 3.63. The number of benzene rings is 1. The molecule has 1 saturated heterocycles. The number of nitrogens with one attached hydrogen (secondary N) is 1. The number of amides is 1. The van der Waals surface area contributed by atoms with Crippen LogP contribution in [0.5, 0.6) is 0 Å². The smallest absolute Gasteiger partial charge is 0.231 e. The molecule has 1 N–H and O–H groups in total. The van der Waals surface area contributed by atoms with Gasteiger partial charge in [-0.3, -0.25) is 4.79 Å². The molecule has 2 rings (SSSR count). The highest BCUT2D eigenvalue weighted by atomic mass is 16.2. The van der Waals surface area contributed by atoms with Crippen molar-refractivity contribution in [3.8, 4) is 0 Å². The Hall–Kier alpha value is -1.35. The number of anilines is 1. The van der Waals surface area contributed by atoms with E-state index in [1.54, 1.807) is 0 Å². The predicted octanol–water partition coefficient (Wildman–Crippen LogP) is 2.35. The molecule has 1 amide bonds. The fourth-order valence-electron chi connectivity index (χ4n) is 2.59. The van der Waals surface area contributed by atoms with E-state index in [0.29, 0.717) is 0 Å². The predicted molar refractivity (Wildman–Crippen MR) is 74.8 cm³/mol. The van der Waals surface area contributed by atoms with Crippen LogP contribution in [0.3, 0.4) is 0 Å². The van der Waals surface area contributed by atoms with E-state index in [-0.39, 0.29) is 11.8 Å². The third kappa shape index (κ3) is 2.72. The number of rotatable bonds is 3. The van der Waals surface area contributed by atoms with E-state index in [0.717, 1.165) is 43.7 Å². The molecule has 18 heavy (non-hydrogen) atoms. The minimum atomic E-state index is 0.137. The quantitative estimate of drug-likeness (QED) is 0.888. The van der Waals surface area contributed by atoms with Gasteiger partial charge in [-0.15, -0.1) is 0 Å². The van der Waals surface area contributed by atoms with Crippen molar-refractivity contribution in [3.05, 3.63) is 29.8 Å². The summed E-state index contributed by atoms with van der Waals surface area (Å²) in [5.74, 6) is 0.400. The average Bonchev–Trinajstić information content (AvgIpc) is 2.42. The van der Waals surface area contributed by atoms with Crippen LogP contribution in [-0.2, 0) is 4.79 Å². The van der Waals surface area contributed by atoms with Crippen LogP contribution in [0.4, 0.5) is 5.69 Å². The maximum atomic E-state index is 12.6. The van der Waals surface area contributed by atoms with Crippen LogP contribution in [0.15, 0.2) is 24.3 Å². The monoisotopic (exact) mass is 246 g/mol. The van der Waals surface area contributed by atoms with Crippen LogP contribution < -0.4 is 10.2 Å². The molecule has 3 heteroatoms. The Balaban J connectivity index is 2.17. The molecule has 0 bridgehead atoms. The summed E-state index contributed by atoms with van der Waals surface area (Å²) in [7, 11) is 0. The lowest BCUT2D eigenvalue weighted by molar-refractivity contribution is -0.122. The van der Waals surface area contributed by atoms with E-state index in [1.807, 2.05) is 30.0 Å². The molecule has 1 aromatic rings. The van der Waals surface area contributed by atoms with Crippen LogP contribution in [0.1, 0.15) is 25.3 Å². The number of carbonyl (C=O) groups excluding carboxylic acids is 1. The lowest BCUT2D eigenvalue weighted by Crippen LogP contribution is -2.43.